The Kier molecular flexibility index (Phi) is 4.46. The van der Waals surface area contributed by atoms with E-state index < -0.39 is 10.0 Å². The Morgan fingerprint density at radius 2 is 2.29 bits per heavy atom. The van der Waals surface area contributed by atoms with Gasteiger partial charge in [0.1, 0.15) is 5.00 Å². The monoisotopic (exact) mass is 338 g/mol. The van der Waals surface area contributed by atoms with Crippen LogP contribution in [0.3, 0.4) is 0 Å². The molecule has 2 rings (SSSR count). The van der Waals surface area contributed by atoms with E-state index in [2.05, 4.69) is 26.0 Å². The molecule has 2 heterocycles. The van der Waals surface area contributed by atoms with Crippen LogP contribution in [0.2, 0.25) is 0 Å². The lowest BCUT2D eigenvalue weighted by atomic mass is 10.1. The first-order valence-electron chi connectivity index (χ1n) is 5.54. The number of thiophene rings is 1. The van der Waals surface area contributed by atoms with Crippen molar-refractivity contribution in [3.05, 3.63) is 15.9 Å². The molecule has 1 aromatic rings. The third-order valence-corrected chi connectivity index (χ3v) is 5.70. The highest BCUT2D eigenvalue weighted by atomic mass is 79.9. The van der Waals surface area contributed by atoms with Crippen molar-refractivity contribution in [2.24, 2.45) is 0 Å². The largest absolute Gasteiger partial charge is 0.313 e. The first kappa shape index (κ1) is 13.3. The minimum atomic E-state index is -3.24. The zero-order valence-electron chi connectivity index (χ0n) is 9.28. The molecule has 7 heteroatoms. The summed E-state index contributed by atoms with van der Waals surface area (Å²) in [6.07, 6.45) is 3.19. The zero-order valence-corrected chi connectivity index (χ0v) is 12.5. The second kappa shape index (κ2) is 5.69. The summed E-state index contributed by atoms with van der Waals surface area (Å²) in [6.45, 7) is 0.921. The molecule has 17 heavy (non-hydrogen) atoms. The van der Waals surface area contributed by atoms with Crippen molar-refractivity contribution in [2.75, 3.05) is 17.0 Å². The van der Waals surface area contributed by atoms with Gasteiger partial charge in [0.15, 0.2) is 0 Å². The molecule has 1 aromatic heterocycles. The van der Waals surface area contributed by atoms with Crippen molar-refractivity contribution in [1.82, 2.24) is 5.32 Å². The van der Waals surface area contributed by atoms with Gasteiger partial charge in [0, 0.05) is 6.04 Å². The lowest BCUT2D eigenvalue weighted by Crippen LogP contribution is -2.40. The van der Waals surface area contributed by atoms with E-state index in [0.717, 1.165) is 29.6 Å². The molecule has 0 aliphatic carbocycles. The fourth-order valence-corrected chi connectivity index (χ4v) is 4.85. The van der Waals surface area contributed by atoms with Crippen LogP contribution in [0.25, 0.3) is 0 Å². The maximum absolute atomic E-state index is 11.9. The van der Waals surface area contributed by atoms with Gasteiger partial charge < -0.3 is 5.32 Å². The van der Waals surface area contributed by atoms with Gasteiger partial charge in [0.05, 0.1) is 9.54 Å². The third-order valence-electron chi connectivity index (χ3n) is 2.66. The Hall–Kier alpha value is -0.110. The van der Waals surface area contributed by atoms with Gasteiger partial charge in [0.25, 0.3) is 0 Å². The summed E-state index contributed by atoms with van der Waals surface area (Å²) in [5.74, 6) is 0.155. The van der Waals surface area contributed by atoms with Crippen molar-refractivity contribution in [2.45, 2.75) is 25.3 Å². The van der Waals surface area contributed by atoms with E-state index in [-0.39, 0.29) is 11.8 Å². The van der Waals surface area contributed by atoms with E-state index in [1.165, 1.54) is 11.3 Å². The number of anilines is 1. The Balaban J connectivity index is 1.94. The van der Waals surface area contributed by atoms with E-state index in [0.29, 0.717) is 5.00 Å². The van der Waals surface area contributed by atoms with Crippen LogP contribution in [0.5, 0.6) is 0 Å². The quantitative estimate of drug-likeness (QED) is 0.886. The van der Waals surface area contributed by atoms with Gasteiger partial charge in [0.2, 0.25) is 10.0 Å². The summed E-state index contributed by atoms with van der Waals surface area (Å²) in [6, 6.07) is 3.69. The average molecular weight is 339 g/mol. The summed E-state index contributed by atoms with van der Waals surface area (Å²) in [7, 11) is -3.24. The van der Waals surface area contributed by atoms with Crippen LogP contribution in [0.4, 0.5) is 5.00 Å². The molecular weight excluding hydrogens is 324 g/mol. The van der Waals surface area contributed by atoms with Gasteiger partial charge in [-0.15, -0.1) is 11.3 Å². The molecule has 0 spiro atoms. The van der Waals surface area contributed by atoms with E-state index in [1.807, 2.05) is 6.07 Å². The molecule has 1 aliphatic rings. The first-order valence-corrected chi connectivity index (χ1v) is 8.80. The van der Waals surface area contributed by atoms with E-state index in [1.54, 1.807) is 6.07 Å². The number of hydrogen-bond donors (Lipinski definition) is 2. The molecule has 2 N–H and O–H groups in total. The number of halogens is 1. The SMILES string of the molecule is O=S(=O)(CC1CCCCN1)Nc1ccc(Br)s1. The second-order valence-corrected chi connectivity index (χ2v) is 8.36. The highest BCUT2D eigenvalue weighted by Crippen LogP contribution is 2.27. The van der Waals surface area contributed by atoms with Crippen molar-refractivity contribution < 1.29 is 8.42 Å². The molecule has 0 amide bonds. The second-order valence-electron chi connectivity index (χ2n) is 4.13. The Labute approximate surface area is 114 Å². The minimum Gasteiger partial charge on any atom is -0.313 e. The predicted molar refractivity (Wildman–Crippen MR) is 75.1 cm³/mol. The summed E-state index contributed by atoms with van der Waals surface area (Å²) in [5.41, 5.74) is 0. The standard InChI is InChI=1S/C10H15BrN2O2S2/c11-9-4-5-10(16-9)13-17(14,15)7-8-3-1-2-6-12-8/h4-5,8,12-13H,1-3,6-7H2. The third kappa shape index (κ3) is 4.24. The maximum atomic E-state index is 11.9. The molecule has 0 aromatic carbocycles. The van der Waals surface area contributed by atoms with Gasteiger partial charge in [-0.3, -0.25) is 4.72 Å². The molecule has 4 nitrogen and oxygen atoms in total. The highest BCUT2D eigenvalue weighted by Gasteiger charge is 2.21. The molecule has 1 aliphatic heterocycles. The molecule has 0 radical (unpaired) electrons. The van der Waals surface area contributed by atoms with Crippen LogP contribution < -0.4 is 10.0 Å². The fourth-order valence-electron chi connectivity index (χ4n) is 1.90. The Bertz CT molecular complexity index is 466. The summed E-state index contributed by atoms with van der Waals surface area (Å²) in [5, 5.41) is 3.90. The van der Waals surface area contributed by atoms with Gasteiger partial charge in [-0.1, -0.05) is 6.42 Å². The summed E-state index contributed by atoms with van der Waals surface area (Å²) < 4.78 is 27.4. The molecule has 0 bridgehead atoms. The fraction of sp³-hybridized carbons (Fsp3) is 0.600. The minimum absolute atomic E-state index is 0.0876. The lowest BCUT2D eigenvalue weighted by Gasteiger charge is -2.23. The zero-order chi connectivity index (χ0) is 12.3. The summed E-state index contributed by atoms with van der Waals surface area (Å²) in [4.78, 5) is 0. The van der Waals surface area contributed by atoms with Crippen LogP contribution in [0.1, 0.15) is 19.3 Å². The van der Waals surface area contributed by atoms with Crippen LogP contribution in [0.15, 0.2) is 15.9 Å². The molecule has 1 fully saturated rings. The topological polar surface area (TPSA) is 58.2 Å². The number of piperidine rings is 1. The molecule has 1 atom stereocenters. The van der Waals surface area contributed by atoms with Gasteiger partial charge in [-0.2, -0.15) is 0 Å². The van der Waals surface area contributed by atoms with Gasteiger partial charge in [-0.05, 0) is 47.4 Å². The van der Waals surface area contributed by atoms with Crippen molar-refractivity contribution >= 4 is 42.3 Å². The number of sulfonamides is 1. The molecule has 0 saturated carbocycles. The predicted octanol–water partition coefficient (Wildman–Crippen LogP) is 2.39. The van der Waals surface area contributed by atoms with Gasteiger partial charge >= 0.3 is 0 Å². The van der Waals surface area contributed by atoms with E-state index in [9.17, 15) is 8.42 Å². The van der Waals surface area contributed by atoms with Crippen LogP contribution in [-0.4, -0.2) is 26.8 Å². The number of nitrogens with one attached hydrogen (secondary N) is 2. The number of hydrogen-bond acceptors (Lipinski definition) is 4. The molecule has 1 unspecified atom stereocenters. The van der Waals surface area contributed by atoms with E-state index in [4.69, 9.17) is 0 Å². The Morgan fingerprint density at radius 1 is 1.47 bits per heavy atom. The smallest absolute Gasteiger partial charge is 0.234 e. The molecule has 1 saturated heterocycles. The van der Waals surface area contributed by atoms with Crippen molar-refractivity contribution in [3.8, 4) is 0 Å². The highest BCUT2D eigenvalue weighted by molar-refractivity contribution is 9.11. The summed E-state index contributed by atoms with van der Waals surface area (Å²) >= 11 is 4.69. The average Bonchev–Trinajstić information content (AvgIpc) is 2.63. The molecular formula is C10H15BrN2O2S2. The Morgan fingerprint density at radius 3 is 2.88 bits per heavy atom. The first-order chi connectivity index (χ1) is 8.05. The van der Waals surface area contributed by atoms with E-state index >= 15 is 0 Å². The normalized spacial score (nSPS) is 21.4. The maximum Gasteiger partial charge on any atom is 0.234 e. The lowest BCUT2D eigenvalue weighted by molar-refractivity contribution is 0.424. The molecule has 96 valence electrons. The van der Waals surface area contributed by atoms with Crippen LogP contribution in [0, 0.1) is 0 Å². The van der Waals surface area contributed by atoms with Crippen LogP contribution >= 0.6 is 27.3 Å². The van der Waals surface area contributed by atoms with Crippen LogP contribution in [-0.2, 0) is 10.0 Å². The van der Waals surface area contributed by atoms with Gasteiger partial charge in [-0.25, -0.2) is 8.42 Å². The van der Waals surface area contributed by atoms with Crippen molar-refractivity contribution in [3.63, 3.8) is 0 Å². The van der Waals surface area contributed by atoms with Crippen molar-refractivity contribution in [1.29, 1.82) is 0 Å². The number of rotatable bonds is 4.